The molecular formula is C13H24N4O2. The molecule has 1 fully saturated rings. The first-order chi connectivity index (χ1) is 9.19. The second-order valence-corrected chi connectivity index (χ2v) is 4.70. The van der Waals surface area contributed by atoms with Gasteiger partial charge in [-0.15, -0.1) is 0 Å². The van der Waals surface area contributed by atoms with Crippen molar-refractivity contribution >= 4 is 5.91 Å². The molecule has 1 amide bonds. The molecule has 0 aliphatic carbocycles. The van der Waals surface area contributed by atoms with E-state index in [9.17, 15) is 4.79 Å². The van der Waals surface area contributed by atoms with Gasteiger partial charge in [0, 0.05) is 32.7 Å². The zero-order valence-corrected chi connectivity index (χ0v) is 11.7. The number of carbonyl (C=O) groups is 1. The fraction of sp³-hybridized carbons (Fsp3) is 0.846. The summed E-state index contributed by atoms with van der Waals surface area (Å²) < 4.78 is 5.29. The minimum atomic E-state index is -0.455. The maximum absolute atomic E-state index is 12.1. The molecule has 1 rings (SSSR count). The fourth-order valence-electron chi connectivity index (χ4n) is 2.01. The maximum atomic E-state index is 12.1. The van der Waals surface area contributed by atoms with E-state index in [0.29, 0.717) is 25.9 Å². The summed E-state index contributed by atoms with van der Waals surface area (Å²) in [7, 11) is 0. The van der Waals surface area contributed by atoms with Crippen LogP contribution in [0, 0.1) is 11.3 Å². The lowest BCUT2D eigenvalue weighted by atomic mass is 10.2. The molecule has 1 heterocycles. The number of hydrogen-bond acceptors (Lipinski definition) is 5. The van der Waals surface area contributed by atoms with E-state index < -0.39 is 6.04 Å². The van der Waals surface area contributed by atoms with Gasteiger partial charge in [0.2, 0.25) is 5.91 Å². The van der Waals surface area contributed by atoms with Gasteiger partial charge in [0.25, 0.3) is 0 Å². The highest BCUT2D eigenvalue weighted by molar-refractivity contribution is 5.81. The van der Waals surface area contributed by atoms with Crippen LogP contribution in [0.25, 0.3) is 0 Å². The zero-order valence-electron chi connectivity index (χ0n) is 11.7. The summed E-state index contributed by atoms with van der Waals surface area (Å²) in [5, 5.41) is 8.66. The fourth-order valence-corrected chi connectivity index (χ4v) is 2.01. The lowest BCUT2D eigenvalue weighted by Gasteiger charge is -2.30. The molecule has 0 aromatic carbocycles. The van der Waals surface area contributed by atoms with Crippen molar-refractivity contribution in [3.63, 3.8) is 0 Å². The molecular weight excluding hydrogens is 244 g/mol. The van der Waals surface area contributed by atoms with Crippen molar-refractivity contribution in [1.82, 2.24) is 9.80 Å². The van der Waals surface area contributed by atoms with E-state index in [1.165, 1.54) is 0 Å². The van der Waals surface area contributed by atoms with Crippen molar-refractivity contribution in [3.8, 4) is 6.07 Å². The van der Waals surface area contributed by atoms with E-state index in [1.807, 2.05) is 6.92 Å². The van der Waals surface area contributed by atoms with Gasteiger partial charge in [0.15, 0.2) is 0 Å². The molecule has 1 unspecified atom stereocenters. The molecule has 0 bridgehead atoms. The predicted molar refractivity (Wildman–Crippen MR) is 72.3 cm³/mol. The van der Waals surface area contributed by atoms with Gasteiger partial charge >= 0.3 is 0 Å². The standard InChI is InChI=1S/C13H24N4O2/c1-2-12(15)13(18)17(5-3-4-14)7-6-16-8-10-19-11-9-16/h12H,2-3,5-11,15H2,1H3. The number of carbonyl (C=O) groups excluding carboxylic acids is 1. The number of ether oxygens (including phenoxy) is 1. The zero-order chi connectivity index (χ0) is 14.1. The van der Waals surface area contributed by atoms with Gasteiger partial charge in [0.1, 0.15) is 0 Å². The molecule has 6 nitrogen and oxygen atoms in total. The summed E-state index contributed by atoms with van der Waals surface area (Å²) in [5.41, 5.74) is 5.79. The van der Waals surface area contributed by atoms with Crippen LogP contribution in [-0.4, -0.2) is 67.7 Å². The first kappa shape index (κ1) is 15.9. The van der Waals surface area contributed by atoms with Crippen molar-refractivity contribution in [1.29, 1.82) is 5.26 Å². The van der Waals surface area contributed by atoms with Gasteiger partial charge < -0.3 is 15.4 Å². The molecule has 0 saturated carbocycles. The molecule has 0 aromatic rings. The van der Waals surface area contributed by atoms with Gasteiger partial charge in [-0.05, 0) is 6.42 Å². The molecule has 0 radical (unpaired) electrons. The van der Waals surface area contributed by atoms with Gasteiger partial charge in [0.05, 0.1) is 31.7 Å². The maximum Gasteiger partial charge on any atom is 0.239 e. The summed E-state index contributed by atoms with van der Waals surface area (Å²) >= 11 is 0. The number of nitriles is 1. The monoisotopic (exact) mass is 268 g/mol. The van der Waals surface area contributed by atoms with Crippen LogP contribution in [0.3, 0.4) is 0 Å². The number of nitrogens with two attached hydrogens (primary N) is 1. The predicted octanol–water partition coefficient (Wildman–Crippen LogP) is -0.202. The van der Waals surface area contributed by atoms with Gasteiger partial charge in [-0.3, -0.25) is 9.69 Å². The molecule has 2 N–H and O–H groups in total. The van der Waals surface area contributed by atoms with Crippen molar-refractivity contribution in [2.75, 3.05) is 45.9 Å². The number of hydrogen-bond donors (Lipinski definition) is 1. The summed E-state index contributed by atoms with van der Waals surface area (Å²) in [4.78, 5) is 16.1. The smallest absolute Gasteiger partial charge is 0.239 e. The van der Waals surface area contributed by atoms with Crippen LogP contribution in [0.5, 0.6) is 0 Å². The lowest BCUT2D eigenvalue weighted by molar-refractivity contribution is -0.133. The Morgan fingerprint density at radius 1 is 1.47 bits per heavy atom. The second-order valence-electron chi connectivity index (χ2n) is 4.70. The second kappa shape index (κ2) is 8.86. The molecule has 1 atom stereocenters. The average Bonchev–Trinajstić information content (AvgIpc) is 2.47. The Balaban J connectivity index is 2.44. The molecule has 1 saturated heterocycles. The summed E-state index contributed by atoms with van der Waals surface area (Å²) in [6, 6.07) is 1.62. The highest BCUT2D eigenvalue weighted by Crippen LogP contribution is 2.02. The Bertz CT molecular complexity index is 310. The number of rotatable bonds is 7. The van der Waals surface area contributed by atoms with Crippen LogP contribution >= 0.6 is 0 Å². The van der Waals surface area contributed by atoms with E-state index in [0.717, 1.165) is 32.8 Å². The van der Waals surface area contributed by atoms with E-state index in [2.05, 4.69) is 11.0 Å². The molecule has 1 aliphatic heterocycles. The minimum absolute atomic E-state index is 0.0500. The van der Waals surface area contributed by atoms with E-state index >= 15 is 0 Å². The van der Waals surface area contributed by atoms with Crippen LogP contribution in [0.4, 0.5) is 0 Å². The molecule has 6 heteroatoms. The van der Waals surface area contributed by atoms with Crippen molar-refractivity contribution in [3.05, 3.63) is 0 Å². The van der Waals surface area contributed by atoms with Gasteiger partial charge in [-0.1, -0.05) is 6.92 Å². The Labute approximate surface area is 115 Å². The summed E-state index contributed by atoms with van der Waals surface area (Å²) in [5.74, 6) is -0.0500. The first-order valence-corrected chi connectivity index (χ1v) is 6.90. The number of amides is 1. The Hall–Kier alpha value is -1.16. The third-order valence-electron chi connectivity index (χ3n) is 3.35. The van der Waals surface area contributed by atoms with Crippen molar-refractivity contribution < 1.29 is 9.53 Å². The minimum Gasteiger partial charge on any atom is -0.379 e. The number of nitrogens with zero attached hydrogens (tertiary/aromatic N) is 3. The van der Waals surface area contributed by atoms with Crippen molar-refractivity contribution in [2.45, 2.75) is 25.8 Å². The lowest BCUT2D eigenvalue weighted by Crippen LogP contribution is -2.48. The van der Waals surface area contributed by atoms with Crippen LogP contribution in [0.15, 0.2) is 0 Å². The van der Waals surface area contributed by atoms with Gasteiger partial charge in [-0.2, -0.15) is 5.26 Å². The average molecular weight is 268 g/mol. The highest BCUT2D eigenvalue weighted by atomic mass is 16.5. The number of morpholine rings is 1. The third-order valence-corrected chi connectivity index (χ3v) is 3.35. The van der Waals surface area contributed by atoms with Crippen LogP contribution in [0.1, 0.15) is 19.8 Å². The van der Waals surface area contributed by atoms with E-state index in [4.69, 9.17) is 15.7 Å². The van der Waals surface area contributed by atoms with Crippen LogP contribution in [0.2, 0.25) is 0 Å². The van der Waals surface area contributed by atoms with Gasteiger partial charge in [-0.25, -0.2) is 0 Å². The first-order valence-electron chi connectivity index (χ1n) is 6.90. The summed E-state index contributed by atoms with van der Waals surface area (Å²) in [6.45, 7) is 7.12. The normalized spacial score (nSPS) is 17.7. The quantitative estimate of drug-likeness (QED) is 0.691. The van der Waals surface area contributed by atoms with Crippen molar-refractivity contribution in [2.24, 2.45) is 5.73 Å². The molecule has 19 heavy (non-hydrogen) atoms. The highest BCUT2D eigenvalue weighted by Gasteiger charge is 2.20. The Morgan fingerprint density at radius 2 is 2.16 bits per heavy atom. The summed E-state index contributed by atoms with van der Waals surface area (Å²) in [6.07, 6.45) is 0.977. The van der Waals surface area contributed by atoms with E-state index in [1.54, 1.807) is 4.90 Å². The Morgan fingerprint density at radius 3 is 2.74 bits per heavy atom. The topological polar surface area (TPSA) is 82.6 Å². The Kier molecular flexibility index (Phi) is 7.41. The molecule has 0 aromatic heterocycles. The molecule has 1 aliphatic rings. The SMILES string of the molecule is CCC(N)C(=O)N(CCC#N)CCN1CCOCC1. The molecule has 108 valence electrons. The third kappa shape index (κ3) is 5.55. The largest absolute Gasteiger partial charge is 0.379 e. The van der Waals surface area contributed by atoms with Crippen LogP contribution < -0.4 is 5.73 Å². The van der Waals surface area contributed by atoms with Crippen LogP contribution in [-0.2, 0) is 9.53 Å². The molecule has 0 spiro atoms. The van der Waals surface area contributed by atoms with E-state index in [-0.39, 0.29) is 5.91 Å².